The van der Waals surface area contributed by atoms with Gasteiger partial charge in [0.05, 0.1) is 6.04 Å². The Kier molecular flexibility index (Phi) is 4.72. The topological polar surface area (TPSA) is 38.0 Å². The summed E-state index contributed by atoms with van der Waals surface area (Å²) in [6.07, 6.45) is 0.969. The summed E-state index contributed by atoms with van der Waals surface area (Å²) >= 11 is 0. The number of rotatable bonds is 5. The minimum Gasteiger partial charge on any atom is -0.271 e. The first-order valence-corrected chi connectivity index (χ1v) is 5.20. The van der Waals surface area contributed by atoms with Crippen LogP contribution in [0.3, 0.4) is 0 Å². The Morgan fingerprint density at radius 2 is 1.88 bits per heavy atom. The van der Waals surface area contributed by atoms with E-state index in [0.29, 0.717) is 25.0 Å². The Hall–Kier alpha value is -1.33. The summed E-state index contributed by atoms with van der Waals surface area (Å²) in [5.74, 6) is 2.44. The van der Waals surface area contributed by atoms with Crippen molar-refractivity contribution in [3.63, 3.8) is 0 Å². The fourth-order valence-electron chi connectivity index (χ4n) is 1.59. The molecular formula is C12H15F3N2. The van der Waals surface area contributed by atoms with Crippen molar-refractivity contribution in [1.29, 1.82) is 0 Å². The van der Waals surface area contributed by atoms with Gasteiger partial charge in [-0.25, -0.2) is 13.2 Å². The van der Waals surface area contributed by atoms with Crippen LogP contribution in [0.25, 0.3) is 0 Å². The van der Waals surface area contributed by atoms with Crippen molar-refractivity contribution >= 4 is 0 Å². The van der Waals surface area contributed by atoms with E-state index in [1.165, 1.54) is 0 Å². The van der Waals surface area contributed by atoms with E-state index in [0.717, 1.165) is 5.57 Å². The Balaban J connectivity index is 2.99. The number of hydrogen-bond donors (Lipinski definition) is 2. The van der Waals surface area contributed by atoms with Gasteiger partial charge in [-0.15, -0.1) is 6.58 Å². The van der Waals surface area contributed by atoms with Crippen molar-refractivity contribution in [2.45, 2.75) is 25.8 Å². The Labute approximate surface area is 98.3 Å². The summed E-state index contributed by atoms with van der Waals surface area (Å²) in [6.45, 7) is 5.51. The molecule has 1 aromatic carbocycles. The van der Waals surface area contributed by atoms with Crippen LogP contribution in [0.4, 0.5) is 13.2 Å². The van der Waals surface area contributed by atoms with Crippen LogP contribution in [0.1, 0.15) is 31.4 Å². The molecule has 0 fully saturated rings. The fraction of sp³-hybridized carbons (Fsp3) is 0.333. The van der Waals surface area contributed by atoms with Gasteiger partial charge in [-0.3, -0.25) is 11.3 Å². The van der Waals surface area contributed by atoms with Crippen LogP contribution in [0.15, 0.2) is 24.3 Å². The molecule has 3 N–H and O–H groups in total. The van der Waals surface area contributed by atoms with Crippen molar-refractivity contribution in [2.75, 3.05) is 0 Å². The van der Waals surface area contributed by atoms with Gasteiger partial charge in [0.2, 0.25) is 0 Å². The molecule has 0 heterocycles. The highest BCUT2D eigenvalue weighted by Gasteiger charge is 2.20. The van der Waals surface area contributed by atoms with Gasteiger partial charge >= 0.3 is 0 Å². The summed E-state index contributed by atoms with van der Waals surface area (Å²) < 4.78 is 39.7. The first-order chi connectivity index (χ1) is 7.95. The highest BCUT2D eigenvalue weighted by atomic mass is 19.1. The first kappa shape index (κ1) is 13.7. The van der Waals surface area contributed by atoms with E-state index in [1.807, 2.05) is 6.92 Å². The maximum Gasteiger partial charge on any atom is 0.133 e. The number of benzene rings is 1. The molecule has 94 valence electrons. The molecular weight excluding hydrogens is 229 g/mol. The van der Waals surface area contributed by atoms with Crippen molar-refractivity contribution in [2.24, 2.45) is 5.84 Å². The number of allylic oxidation sites excluding steroid dienone is 1. The SMILES string of the molecule is C=C(C)CCC(NN)c1c(F)cc(F)cc1F. The molecule has 0 saturated carbocycles. The lowest BCUT2D eigenvalue weighted by Gasteiger charge is -2.17. The Bertz CT molecular complexity index is 395. The molecule has 0 spiro atoms. The molecule has 1 unspecified atom stereocenters. The van der Waals surface area contributed by atoms with Gasteiger partial charge in [-0.1, -0.05) is 5.57 Å². The lowest BCUT2D eigenvalue weighted by atomic mass is 9.99. The van der Waals surface area contributed by atoms with E-state index in [2.05, 4.69) is 12.0 Å². The lowest BCUT2D eigenvalue weighted by Crippen LogP contribution is -2.29. The molecule has 5 heteroatoms. The highest BCUT2D eigenvalue weighted by Crippen LogP contribution is 2.25. The second-order valence-electron chi connectivity index (χ2n) is 4.00. The fourth-order valence-corrected chi connectivity index (χ4v) is 1.59. The molecule has 0 amide bonds. The largest absolute Gasteiger partial charge is 0.271 e. The van der Waals surface area contributed by atoms with Crippen LogP contribution in [0, 0.1) is 17.5 Å². The minimum absolute atomic E-state index is 0.241. The number of nitrogens with two attached hydrogens (primary N) is 1. The van der Waals surface area contributed by atoms with E-state index in [4.69, 9.17) is 5.84 Å². The summed E-state index contributed by atoms with van der Waals surface area (Å²) in [5, 5.41) is 0. The van der Waals surface area contributed by atoms with Crippen LogP contribution in [0.5, 0.6) is 0 Å². The first-order valence-electron chi connectivity index (χ1n) is 5.20. The van der Waals surface area contributed by atoms with E-state index in [-0.39, 0.29) is 5.56 Å². The molecule has 0 aliphatic carbocycles. The third-order valence-corrected chi connectivity index (χ3v) is 2.45. The summed E-state index contributed by atoms with van der Waals surface area (Å²) in [7, 11) is 0. The number of hydrogen-bond acceptors (Lipinski definition) is 2. The van der Waals surface area contributed by atoms with E-state index >= 15 is 0 Å². The van der Waals surface area contributed by atoms with Gasteiger partial charge in [0, 0.05) is 17.7 Å². The molecule has 2 nitrogen and oxygen atoms in total. The lowest BCUT2D eigenvalue weighted by molar-refractivity contribution is 0.445. The minimum atomic E-state index is -0.945. The molecule has 0 bridgehead atoms. The number of nitrogens with one attached hydrogen (secondary N) is 1. The van der Waals surface area contributed by atoms with E-state index < -0.39 is 23.5 Å². The zero-order valence-corrected chi connectivity index (χ0v) is 9.56. The molecule has 0 aliphatic rings. The van der Waals surface area contributed by atoms with E-state index in [1.54, 1.807) is 0 Å². The van der Waals surface area contributed by atoms with Crippen LogP contribution < -0.4 is 11.3 Å². The number of halogens is 3. The van der Waals surface area contributed by atoms with Crippen LogP contribution in [-0.4, -0.2) is 0 Å². The van der Waals surface area contributed by atoms with E-state index in [9.17, 15) is 13.2 Å². The summed E-state index contributed by atoms with van der Waals surface area (Å²) in [6, 6.07) is 0.583. The molecule has 0 aliphatic heterocycles. The second kappa shape index (κ2) is 5.84. The normalized spacial score (nSPS) is 12.5. The van der Waals surface area contributed by atoms with Crippen LogP contribution in [-0.2, 0) is 0 Å². The van der Waals surface area contributed by atoms with Gasteiger partial charge in [-0.05, 0) is 19.8 Å². The van der Waals surface area contributed by atoms with Gasteiger partial charge in [0.25, 0.3) is 0 Å². The maximum absolute atomic E-state index is 13.5. The van der Waals surface area contributed by atoms with Crippen molar-refractivity contribution in [3.8, 4) is 0 Å². The van der Waals surface area contributed by atoms with Gasteiger partial charge in [0.1, 0.15) is 17.5 Å². The molecule has 17 heavy (non-hydrogen) atoms. The van der Waals surface area contributed by atoms with Gasteiger partial charge in [0.15, 0.2) is 0 Å². The van der Waals surface area contributed by atoms with Crippen molar-refractivity contribution in [3.05, 3.63) is 47.3 Å². The maximum atomic E-state index is 13.5. The quantitative estimate of drug-likeness (QED) is 0.475. The molecule has 1 rings (SSSR count). The van der Waals surface area contributed by atoms with Crippen LogP contribution >= 0.6 is 0 Å². The molecule has 0 aromatic heterocycles. The van der Waals surface area contributed by atoms with Crippen LogP contribution in [0.2, 0.25) is 0 Å². The smallest absolute Gasteiger partial charge is 0.133 e. The Morgan fingerprint density at radius 1 is 1.35 bits per heavy atom. The standard InChI is InChI=1S/C12H15F3N2/c1-7(2)3-4-11(17-16)12-9(14)5-8(13)6-10(12)15/h5-6,11,17H,1,3-4,16H2,2H3. The monoisotopic (exact) mass is 244 g/mol. The summed E-state index contributed by atoms with van der Waals surface area (Å²) in [5.41, 5.74) is 2.97. The highest BCUT2D eigenvalue weighted by molar-refractivity contribution is 5.24. The molecule has 0 saturated heterocycles. The predicted molar refractivity (Wildman–Crippen MR) is 60.4 cm³/mol. The Morgan fingerprint density at radius 3 is 2.29 bits per heavy atom. The zero-order chi connectivity index (χ0) is 13.0. The molecule has 1 aromatic rings. The van der Waals surface area contributed by atoms with Gasteiger partial charge in [-0.2, -0.15) is 0 Å². The van der Waals surface area contributed by atoms with Crippen molar-refractivity contribution in [1.82, 2.24) is 5.43 Å². The predicted octanol–water partition coefficient (Wildman–Crippen LogP) is 2.96. The van der Waals surface area contributed by atoms with Gasteiger partial charge < -0.3 is 0 Å². The molecule has 1 atom stereocenters. The van der Waals surface area contributed by atoms with Crippen molar-refractivity contribution < 1.29 is 13.2 Å². The zero-order valence-electron chi connectivity index (χ0n) is 9.56. The third kappa shape index (κ3) is 3.57. The second-order valence-corrected chi connectivity index (χ2v) is 4.00. The molecule has 0 radical (unpaired) electrons. The third-order valence-electron chi connectivity index (χ3n) is 2.45. The number of hydrazine groups is 1. The average molecular weight is 244 g/mol. The average Bonchev–Trinajstić information content (AvgIpc) is 2.21. The summed E-state index contributed by atoms with van der Waals surface area (Å²) in [4.78, 5) is 0.